The normalized spacial score (nSPS) is 12.8. The zero-order valence-corrected chi connectivity index (χ0v) is 11.6. The van der Waals surface area contributed by atoms with Gasteiger partial charge in [-0.1, -0.05) is 12.1 Å². The van der Waals surface area contributed by atoms with Crippen LogP contribution in [-0.4, -0.2) is 44.2 Å². The van der Waals surface area contributed by atoms with Crippen LogP contribution in [0.3, 0.4) is 0 Å². The monoisotopic (exact) mass is 287 g/mol. The molecule has 0 radical (unpaired) electrons. The molecule has 1 unspecified atom stereocenters. The molecule has 1 rings (SSSR count). The molecule has 1 aromatic rings. The molecule has 7 heteroatoms. The lowest BCUT2D eigenvalue weighted by molar-refractivity contribution is -0.115. The molecule has 0 saturated carbocycles. The molecule has 19 heavy (non-hydrogen) atoms. The molecular formula is C12H17NO5S. The summed E-state index contributed by atoms with van der Waals surface area (Å²) in [7, 11) is -2.20. The van der Waals surface area contributed by atoms with Crippen LogP contribution in [0.25, 0.3) is 0 Å². The molecule has 0 fully saturated rings. The second kappa shape index (κ2) is 6.53. The molecule has 0 aromatic heterocycles. The van der Waals surface area contributed by atoms with Crippen LogP contribution in [0.2, 0.25) is 0 Å². The number of carbonyl (C=O) groups excluding carboxylic acids is 1. The van der Waals surface area contributed by atoms with E-state index >= 15 is 0 Å². The maximum absolute atomic E-state index is 11.9. The first-order valence-electron chi connectivity index (χ1n) is 5.68. The number of amides is 1. The fourth-order valence-electron chi connectivity index (χ4n) is 1.45. The highest BCUT2D eigenvalue weighted by Gasteiger charge is 2.27. The number of para-hydroxylation sites is 2. The molecule has 0 heterocycles. The number of ether oxygens (including phenoxy) is 1. The molecule has 1 aromatic carbocycles. The van der Waals surface area contributed by atoms with Gasteiger partial charge in [-0.3, -0.25) is 4.79 Å². The van der Waals surface area contributed by atoms with E-state index in [1.165, 1.54) is 14.0 Å². The van der Waals surface area contributed by atoms with E-state index in [0.717, 1.165) is 0 Å². The van der Waals surface area contributed by atoms with Crippen LogP contribution in [0.1, 0.15) is 6.92 Å². The van der Waals surface area contributed by atoms with Crippen molar-refractivity contribution >= 4 is 21.4 Å². The van der Waals surface area contributed by atoms with Gasteiger partial charge in [0.15, 0.2) is 9.84 Å². The van der Waals surface area contributed by atoms with E-state index in [1.807, 2.05) is 0 Å². The van der Waals surface area contributed by atoms with Gasteiger partial charge in [-0.15, -0.1) is 0 Å². The number of carbonyl (C=O) groups is 1. The van der Waals surface area contributed by atoms with Gasteiger partial charge in [-0.25, -0.2) is 8.42 Å². The molecule has 0 aliphatic heterocycles. The number of aliphatic hydroxyl groups is 1. The van der Waals surface area contributed by atoms with Gasteiger partial charge < -0.3 is 15.2 Å². The maximum atomic E-state index is 11.9. The molecule has 1 atom stereocenters. The highest BCUT2D eigenvalue weighted by molar-refractivity contribution is 7.92. The Kier molecular flexibility index (Phi) is 5.31. The van der Waals surface area contributed by atoms with Gasteiger partial charge in [0.25, 0.3) is 0 Å². The first-order valence-corrected chi connectivity index (χ1v) is 7.40. The minimum Gasteiger partial charge on any atom is -0.495 e. The Morgan fingerprint density at radius 1 is 1.42 bits per heavy atom. The number of rotatable bonds is 6. The third-order valence-electron chi connectivity index (χ3n) is 2.65. The summed E-state index contributed by atoms with van der Waals surface area (Å²) < 4.78 is 28.4. The van der Waals surface area contributed by atoms with Crippen molar-refractivity contribution in [3.63, 3.8) is 0 Å². The smallest absolute Gasteiger partial charge is 0.242 e. The van der Waals surface area contributed by atoms with Crippen molar-refractivity contribution in [1.82, 2.24) is 0 Å². The summed E-state index contributed by atoms with van der Waals surface area (Å²) in [5.74, 6) is -0.645. The lowest BCUT2D eigenvalue weighted by Crippen LogP contribution is -2.35. The van der Waals surface area contributed by atoms with Gasteiger partial charge in [0.2, 0.25) is 5.91 Å². The van der Waals surface area contributed by atoms with Crippen LogP contribution in [-0.2, 0) is 14.6 Å². The molecule has 1 amide bonds. The zero-order valence-electron chi connectivity index (χ0n) is 10.8. The summed E-state index contributed by atoms with van der Waals surface area (Å²) in [5.41, 5.74) is 0.404. The third kappa shape index (κ3) is 3.93. The standard InChI is InChI=1S/C12H17NO5S/c1-9(19(16,17)8-7-14)12(15)13-10-5-3-4-6-11(10)18-2/h3-6,9,14H,7-8H2,1-2H3,(H,13,15). The number of aliphatic hydroxyl groups excluding tert-OH is 1. The molecule has 0 aliphatic carbocycles. The Balaban J connectivity index is 2.85. The fraction of sp³-hybridized carbons (Fsp3) is 0.417. The second-order valence-corrected chi connectivity index (χ2v) is 6.36. The number of nitrogens with one attached hydrogen (secondary N) is 1. The molecule has 106 valence electrons. The van der Waals surface area contributed by atoms with Crippen molar-refractivity contribution in [1.29, 1.82) is 0 Å². The molecular weight excluding hydrogens is 270 g/mol. The maximum Gasteiger partial charge on any atom is 0.242 e. The van der Waals surface area contributed by atoms with Crippen LogP contribution in [0.5, 0.6) is 5.75 Å². The van der Waals surface area contributed by atoms with E-state index in [2.05, 4.69) is 5.32 Å². The van der Waals surface area contributed by atoms with E-state index in [4.69, 9.17) is 9.84 Å². The van der Waals surface area contributed by atoms with Crippen molar-refractivity contribution in [3.8, 4) is 5.75 Å². The number of hydrogen-bond donors (Lipinski definition) is 2. The average Bonchev–Trinajstić information content (AvgIpc) is 2.38. The number of hydrogen-bond acceptors (Lipinski definition) is 5. The van der Waals surface area contributed by atoms with Crippen molar-refractivity contribution in [2.75, 3.05) is 24.8 Å². The Labute approximate surface area is 112 Å². The average molecular weight is 287 g/mol. The molecule has 0 aliphatic rings. The number of benzene rings is 1. The lowest BCUT2D eigenvalue weighted by Gasteiger charge is -2.14. The molecule has 0 saturated heterocycles. The van der Waals surface area contributed by atoms with Gasteiger partial charge in [0, 0.05) is 0 Å². The van der Waals surface area contributed by atoms with Crippen molar-refractivity contribution in [3.05, 3.63) is 24.3 Å². The van der Waals surface area contributed by atoms with Gasteiger partial charge in [0.1, 0.15) is 11.0 Å². The van der Waals surface area contributed by atoms with E-state index in [1.54, 1.807) is 24.3 Å². The summed E-state index contributed by atoms with van der Waals surface area (Å²) in [4.78, 5) is 11.9. The molecule has 6 nitrogen and oxygen atoms in total. The van der Waals surface area contributed by atoms with Crippen LogP contribution < -0.4 is 10.1 Å². The predicted octanol–water partition coefficient (Wildman–Crippen LogP) is 0.429. The Bertz CT molecular complexity index is 541. The van der Waals surface area contributed by atoms with Crippen LogP contribution in [0.15, 0.2) is 24.3 Å². The summed E-state index contributed by atoms with van der Waals surface area (Å²) in [6.07, 6.45) is 0. The number of anilines is 1. The van der Waals surface area contributed by atoms with Crippen LogP contribution in [0.4, 0.5) is 5.69 Å². The van der Waals surface area contributed by atoms with Crippen LogP contribution in [0, 0.1) is 0 Å². The second-order valence-electron chi connectivity index (χ2n) is 3.92. The topological polar surface area (TPSA) is 92.7 Å². The van der Waals surface area contributed by atoms with Gasteiger partial charge >= 0.3 is 0 Å². The molecule has 0 spiro atoms. The number of sulfone groups is 1. The quantitative estimate of drug-likeness (QED) is 0.791. The first kappa shape index (κ1) is 15.5. The summed E-state index contributed by atoms with van der Waals surface area (Å²) in [6, 6.07) is 6.70. The van der Waals surface area contributed by atoms with Gasteiger partial charge in [-0.2, -0.15) is 0 Å². The van der Waals surface area contributed by atoms with E-state index in [0.29, 0.717) is 11.4 Å². The van der Waals surface area contributed by atoms with E-state index in [-0.39, 0.29) is 0 Å². The highest BCUT2D eigenvalue weighted by atomic mass is 32.2. The van der Waals surface area contributed by atoms with Crippen molar-refractivity contribution < 1.29 is 23.1 Å². The largest absolute Gasteiger partial charge is 0.495 e. The summed E-state index contributed by atoms with van der Waals surface area (Å²) >= 11 is 0. The summed E-state index contributed by atoms with van der Waals surface area (Å²) in [6.45, 7) is 0.782. The Hall–Kier alpha value is -1.60. The Morgan fingerprint density at radius 2 is 2.05 bits per heavy atom. The number of methoxy groups -OCH3 is 1. The molecule has 0 bridgehead atoms. The minimum atomic E-state index is -3.65. The van der Waals surface area contributed by atoms with Crippen molar-refractivity contribution in [2.45, 2.75) is 12.2 Å². The van der Waals surface area contributed by atoms with Gasteiger partial charge in [-0.05, 0) is 19.1 Å². The van der Waals surface area contributed by atoms with E-state index in [9.17, 15) is 13.2 Å². The third-order valence-corrected chi connectivity index (χ3v) is 4.69. The van der Waals surface area contributed by atoms with Crippen LogP contribution >= 0.6 is 0 Å². The van der Waals surface area contributed by atoms with Crippen molar-refractivity contribution in [2.24, 2.45) is 0 Å². The van der Waals surface area contributed by atoms with E-state index < -0.39 is 33.4 Å². The van der Waals surface area contributed by atoms with Gasteiger partial charge in [0.05, 0.1) is 25.2 Å². The first-order chi connectivity index (χ1) is 8.92. The summed E-state index contributed by atoms with van der Waals surface area (Å²) in [5, 5.41) is 9.94. The zero-order chi connectivity index (χ0) is 14.5. The Morgan fingerprint density at radius 3 is 2.63 bits per heavy atom. The predicted molar refractivity (Wildman–Crippen MR) is 72.0 cm³/mol. The SMILES string of the molecule is COc1ccccc1NC(=O)C(C)S(=O)(=O)CCO. The molecule has 2 N–H and O–H groups in total. The lowest BCUT2D eigenvalue weighted by atomic mass is 10.3. The minimum absolute atomic E-state index is 0.404. The highest BCUT2D eigenvalue weighted by Crippen LogP contribution is 2.23. The fourth-order valence-corrected chi connectivity index (χ4v) is 2.44.